The van der Waals surface area contributed by atoms with E-state index in [1.807, 2.05) is 14.1 Å². The van der Waals surface area contributed by atoms with Crippen LogP contribution in [-0.4, -0.2) is 36.8 Å². The Bertz CT molecular complexity index is 102. The van der Waals surface area contributed by atoms with E-state index in [0.717, 1.165) is 6.54 Å². The molecule has 11 heavy (non-hydrogen) atoms. The molecule has 0 bridgehead atoms. The van der Waals surface area contributed by atoms with E-state index in [0.29, 0.717) is 11.8 Å². The lowest BCUT2D eigenvalue weighted by Crippen LogP contribution is -2.32. The number of aliphatic hydroxyl groups is 1. The van der Waals surface area contributed by atoms with Crippen LogP contribution in [0, 0.1) is 11.8 Å². The monoisotopic (exact) mass is 159 g/mol. The number of aliphatic hydroxyl groups excluding tert-OH is 1. The van der Waals surface area contributed by atoms with E-state index < -0.39 is 0 Å². The zero-order valence-corrected chi connectivity index (χ0v) is 8.33. The zero-order valence-electron chi connectivity index (χ0n) is 8.33. The van der Waals surface area contributed by atoms with Crippen molar-refractivity contribution in [1.82, 2.24) is 4.90 Å². The third-order valence-corrected chi connectivity index (χ3v) is 1.92. The van der Waals surface area contributed by atoms with Gasteiger partial charge in [0.1, 0.15) is 0 Å². The van der Waals surface area contributed by atoms with Crippen molar-refractivity contribution in [3.05, 3.63) is 0 Å². The maximum Gasteiger partial charge on any atom is 0.0600 e. The van der Waals surface area contributed by atoms with Crippen LogP contribution in [0.15, 0.2) is 0 Å². The Morgan fingerprint density at radius 3 is 1.91 bits per heavy atom. The lowest BCUT2D eigenvalue weighted by atomic mass is 9.95. The average molecular weight is 159 g/mol. The summed E-state index contributed by atoms with van der Waals surface area (Å²) < 4.78 is 0. The summed E-state index contributed by atoms with van der Waals surface area (Å²) in [4.78, 5) is 2.11. The van der Waals surface area contributed by atoms with Gasteiger partial charge in [-0.25, -0.2) is 0 Å². The topological polar surface area (TPSA) is 23.5 Å². The molecule has 0 aromatic rings. The third kappa shape index (κ3) is 4.38. The van der Waals surface area contributed by atoms with Gasteiger partial charge in [-0.1, -0.05) is 20.8 Å². The van der Waals surface area contributed by atoms with Gasteiger partial charge >= 0.3 is 0 Å². The number of hydrogen-bond acceptors (Lipinski definition) is 2. The molecule has 0 aromatic carbocycles. The molecule has 0 aromatic heterocycles. The summed E-state index contributed by atoms with van der Waals surface area (Å²) in [7, 11) is 4.06. The molecule has 2 nitrogen and oxygen atoms in total. The molecule has 0 spiro atoms. The molecule has 0 aliphatic rings. The van der Waals surface area contributed by atoms with Crippen LogP contribution in [0.3, 0.4) is 0 Å². The summed E-state index contributed by atoms with van der Waals surface area (Å²) in [6.45, 7) is 7.15. The molecule has 0 rings (SSSR count). The molecule has 0 fully saturated rings. The van der Waals surface area contributed by atoms with Crippen molar-refractivity contribution in [3.8, 4) is 0 Å². The van der Waals surface area contributed by atoms with Crippen molar-refractivity contribution in [2.45, 2.75) is 26.9 Å². The molecular formula is C9H21NO. The molecule has 1 N–H and O–H groups in total. The Morgan fingerprint density at radius 2 is 1.64 bits per heavy atom. The predicted molar refractivity (Wildman–Crippen MR) is 48.6 cm³/mol. The second-order valence-corrected chi connectivity index (χ2v) is 3.97. The van der Waals surface area contributed by atoms with E-state index in [-0.39, 0.29) is 6.10 Å². The van der Waals surface area contributed by atoms with Crippen molar-refractivity contribution >= 4 is 0 Å². The van der Waals surface area contributed by atoms with Crippen molar-refractivity contribution < 1.29 is 5.11 Å². The van der Waals surface area contributed by atoms with Crippen LogP contribution in [0.1, 0.15) is 20.8 Å². The van der Waals surface area contributed by atoms with Gasteiger partial charge in [0.25, 0.3) is 0 Å². The van der Waals surface area contributed by atoms with Crippen LogP contribution >= 0.6 is 0 Å². The van der Waals surface area contributed by atoms with Crippen LogP contribution in [0.2, 0.25) is 0 Å². The van der Waals surface area contributed by atoms with Crippen LogP contribution in [-0.2, 0) is 0 Å². The van der Waals surface area contributed by atoms with Crippen molar-refractivity contribution in [2.75, 3.05) is 20.6 Å². The second kappa shape index (κ2) is 4.73. The summed E-state index contributed by atoms with van der Waals surface area (Å²) in [5.41, 5.74) is 0. The molecule has 0 unspecified atom stereocenters. The third-order valence-electron chi connectivity index (χ3n) is 1.92. The highest BCUT2D eigenvalue weighted by atomic mass is 16.3. The normalized spacial score (nSPS) is 17.5. The zero-order chi connectivity index (χ0) is 9.02. The Morgan fingerprint density at radius 1 is 1.18 bits per heavy atom. The first-order valence-corrected chi connectivity index (χ1v) is 4.28. The minimum absolute atomic E-state index is 0.169. The average Bonchev–Trinajstić information content (AvgIpc) is 1.84. The van der Waals surface area contributed by atoms with Gasteiger partial charge in [-0.2, -0.15) is 0 Å². The molecule has 0 radical (unpaired) electrons. The summed E-state index contributed by atoms with van der Waals surface area (Å²) in [6, 6.07) is 0. The fourth-order valence-corrected chi connectivity index (χ4v) is 1.34. The maximum atomic E-state index is 9.62. The lowest BCUT2D eigenvalue weighted by molar-refractivity contribution is 0.0600. The standard InChI is InChI=1S/C9H21NO/c1-7(2)9(11)8(3)6-10(4)5/h7-9,11H,6H2,1-5H3/t8-,9-/m1/s1. The summed E-state index contributed by atoms with van der Waals surface area (Å²) in [5, 5.41) is 9.62. The van der Waals surface area contributed by atoms with Gasteiger partial charge in [0.15, 0.2) is 0 Å². The van der Waals surface area contributed by atoms with Gasteiger partial charge < -0.3 is 10.0 Å². The van der Waals surface area contributed by atoms with E-state index in [4.69, 9.17) is 0 Å². The number of nitrogens with zero attached hydrogens (tertiary/aromatic N) is 1. The summed E-state index contributed by atoms with van der Waals surface area (Å²) >= 11 is 0. The van der Waals surface area contributed by atoms with E-state index in [2.05, 4.69) is 25.7 Å². The van der Waals surface area contributed by atoms with E-state index in [9.17, 15) is 5.11 Å². The molecule has 0 saturated heterocycles. The summed E-state index contributed by atoms with van der Waals surface area (Å²) in [5.74, 6) is 0.731. The fourth-order valence-electron chi connectivity index (χ4n) is 1.34. The first kappa shape index (κ1) is 10.9. The second-order valence-electron chi connectivity index (χ2n) is 3.97. The maximum absolute atomic E-state index is 9.62. The molecule has 68 valence electrons. The highest BCUT2D eigenvalue weighted by Gasteiger charge is 2.17. The molecule has 2 heteroatoms. The van der Waals surface area contributed by atoms with Crippen LogP contribution in [0.4, 0.5) is 0 Å². The molecule has 0 heterocycles. The Balaban J connectivity index is 3.73. The fraction of sp³-hybridized carbons (Fsp3) is 1.00. The lowest BCUT2D eigenvalue weighted by Gasteiger charge is -2.24. The smallest absolute Gasteiger partial charge is 0.0600 e. The highest BCUT2D eigenvalue weighted by molar-refractivity contribution is 4.69. The highest BCUT2D eigenvalue weighted by Crippen LogP contribution is 2.12. The Kier molecular flexibility index (Phi) is 4.69. The summed E-state index contributed by atoms with van der Waals surface area (Å²) in [6.07, 6.45) is -0.169. The van der Waals surface area contributed by atoms with Gasteiger partial charge in [0.2, 0.25) is 0 Å². The first-order valence-electron chi connectivity index (χ1n) is 4.28. The minimum Gasteiger partial charge on any atom is -0.393 e. The van der Waals surface area contributed by atoms with E-state index >= 15 is 0 Å². The minimum atomic E-state index is -0.169. The molecule has 0 saturated carbocycles. The Hall–Kier alpha value is -0.0800. The molecule has 2 atom stereocenters. The van der Waals surface area contributed by atoms with Crippen molar-refractivity contribution in [3.63, 3.8) is 0 Å². The van der Waals surface area contributed by atoms with E-state index in [1.54, 1.807) is 0 Å². The predicted octanol–water partition coefficient (Wildman–Crippen LogP) is 1.20. The first-order chi connectivity index (χ1) is 4.95. The van der Waals surface area contributed by atoms with Gasteiger partial charge in [-0.05, 0) is 25.9 Å². The van der Waals surface area contributed by atoms with Gasteiger partial charge in [-0.15, -0.1) is 0 Å². The number of rotatable bonds is 4. The Labute approximate surface area is 70.2 Å². The van der Waals surface area contributed by atoms with Crippen molar-refractivity contribution in [2.24, 2.45) is 11.8 Å². The quantitative estimate of drug-likeness (QED) is 0.666. The molecule has 0 amide bonds. The van der Waals surface area contributed by atoms with Gasteiger partial charge in [-0.3, -0.25) is 0 Å². The molecule has 0 aliphatic heterocycles. The van der Waals surface area contributed by atoms with Crippen molar-refractivity contribution in [1.29, 1.82) is 0 Å². The van der Waals surface area contributed by atoms with Crippen LogP contribution in [0.25, 0.3) is 0 Å². The van der Waals surface area contributed by atoms with Gasteiger partial charge in [0.05, 0.1) is 6.10 Å². The SMILES string of the molecule is CC(C)[C@@H](O)[C@H](C)CN(C)C. The largest absolute Gasteiger partial charge is 0.393 e. The van der Waals surface area contributed by atoms with Crippen LogP contribution in [0.5, 0.6) is 0 Å². The van der Waals surface area contributed by atoms with E-state index in [1.165, 1.54) is 0 Å². The van der Waals surface area contributed by atoms with Gasteiger partial charge in [0, 0.05) is 6.54 Å². The number of hydrogen-bond donors (Lipinski definition) is 1. The molecule has 0 aliphatic carbocycles. The molecular weight excluding hydrogens is 138 g/mol. The van der Waals surface area contributed by atoms with Crippen LogP contribution < -0.4 is 0 Å².